The van der Waals surface area contributed by atoms with Gasteiger partial charge in [-0.15, -0.1) is 0 Å². The molecule has 0 aromatic heterocycles. The summed E-state index contributed by atoms with van der Waals surface area (Å²) in [6, 6.07) is 0. The van der Waals surface area contributed by atoms with Crippen LogP contribution in [0, 0.1) is 0 Å². The van der Waals surface area contributed by atoms with Crippen LogP contribution in [0.15, 0.2) is 0 Å². The number of phosphoric acid groups is 1. The van der Waals surface area contributed by atoms with Crippen molar-refractivity contribution in [2.24, 2.45) is 0 Å². The van der Waals surface area contributed by atoms with E-state index in [1.54, 1.807) is 0 Å². The maximum Gasteiger partial charge on any atom is 3.00 e. The molecule has 0 fully saturated rings. The Bertz CT molecular complexity index is 62.2. The van der Waals surface area contributed by atoms with E-state index < -0.39 is 7.82 Å². The van der Waals surface area contributed by atoms with E-state index in [-0.39, 0.29) is 50.6 Å². The van der Waals surface area contributed by atoms with Crippen molar-refractivity contribution in [3.05, 3.63) is 0 Å². The third-order valence-corrected chi connectivity index (χ3v) is 0. The Hall–Kier alpha value is 1.64. The molecule has 0 saturated carbocycles. The van der Waals surface area contributed by atoms with Crippen LogP contribution in [-0.2, 0) is 37.8 Å². The smallest absolute Gasteiger partial charge is 0.822 e. The molecule has 0 aliphatic carbocycles. The van der Waals surface area contributed by atoms with Crippen LogP contribution < -0.4 is 14.7 Å². The Morgan fingerprint density at radius 2 is 1.12 bits per heavy atom. The Kier molecular flexibility index (Phi) is 24.4. The molecule has 8 heteroatoms. The van der Waals surface area contributed by atoms with Crippen LogP contribution in [0.3, 0.4) is 0 Å². The maximum atomic E-state index is 8.55. The van der Waals surface area contributed by atoms with Gasteiger partial charge in [0.2, 0.25) is 0 Å². The maximum absolute atomic E-state index is 8.55. The fourth-order valence-electron chi connectivity index (χ4n) is 0. The fraction of sp³-hybridized carbons (Fsp3) is 0. The summed E-state index contributed by atoms with van der Waals surface area (Å²) in [6.07, 6.45) is 0. The van der Waals surface area contributed by atoms with E-state index in [0.29, 0.717) is 0 Å². The molecule has 47 valence electrons. The van der Waals surface area contributed by atoms with Gasteiger partial charge in [-0.2, -0.15) is 7.82 Å². The third-order valence-electron chi connectivity index (χ3n) is 0. The molecular formula is AlCoNiO4P+4. The van der Waals surface area contributed by atoms with Gasteiger partial charge in [-0.1, -0.05) is 0 Å². The topological polar surface area (TPSA) is 86.2 Å². The normalized spacial score (nSPS) is 7.38. The van der Waals surface area contributed by atoms with E-state index in [9.17, 15) is 0 Å². The Morgan fingerprint density at radius 1 is 1.12 bits per heavy atom. The summed E-state index contributed by atoms with van der Waals surface area (Å²) in [5.41, 5.74) is 0. The van der Waals surface area contributed by atoms with E-state index >= 15 is 0 Å². The Morgan fingerprint density at radius 3 is 1.12 bits per heavy atom. The Labute approximate surface area is 77.5 Å². The van der Waals surface area contributed by atoms with Crippen molar-refractivity contribution in [2.45, 2.75) is 0 Å². The number of hydrogen-bond donors (Lipinski definition) is 0. The standard InChI is InChI=1S/Al.Co.Ni.H3O4P/c;;;1-5(2,3)4/h;;;(H3,1,2,3,4)/q+3;2*+2;/p-3. The second kappa shape index (κ2) is 8.64. The quantitative estimate of drug-likeness (QED) is 0.329. The molecule has 0 aliphatic heterocycles. The van der Waals surface area contributed by atoms with Gasteiger partial charge in [0, 0.05) is 0 Å². The monoisotopic (exact) mass is 239 g/mol. The Balaban J connectivity index is -0.0000000267. The molecule has 1 radical (unpaired) electrons. The van der Waals surface area contributed by atoms with Gasteiger partial charge in [-0.25, -0.2) is 0 Å². The van der Waals surface area contributed by atoms with E-state index in [1.807, 2.05) is 0 Å². The predicted octanol–water partition coefficient (Wildman–Crippen LogP) is -3.21. The largest absolute Gasteiger partial charge is 3.00 e. The van der Waals surface area contributed by atoms with Crippen molar-refractivity contribution in [2.75, 3.05) is 0 Å². The summed E-state index contributed by atoms with van der Waals surface area (Å²) < 4.78 is 8.55. The van der Waals surface area contributed by atoms with Gasteiger partial charge in [-0.05, 0) is 0 Å². The molecule has 0 aliphatic rings. The average Bonchev–Trinajstić information content (AvgIpc) is 0.722. The summed E-state index contributed by atoms with van der Waals surface area (Å²) in [5, 5.41) is 0. The zero-order chi connectivity index (χ0) is 4.50. The van der Waals surface area contributed by atoms with Gasteiger partial charge in [0.25, 0.3) is 0 Å². The second-order valence-corrected chi connectivity index (χ2v) is 1.34. The third kappa shape index (κ3) is 125. The molecule has 0 spiro atoms. The van der Waals surface area contributed by atoms with Crippen molar-refractivity contribution in [1.29, 1.82) is 0 Å². The molecule has 0 heterocycles. The minimum atomic E-state index is -5.39. The van der Waals surface area contributed by atoms with Gasteiger partial charge in [0.15, 0.2) is 0 Å². The summed E-state index contributed by atoms with van der Waals surface area (Å²) in [5.74, 6) is 0. The summed E-state index contributed by atoms with van der Waals surface area (Å²) in [7, 11) is -5.39. The van der Waals surface area contributed by atoms with Crippen LogP contribution >= 0.6 is 7.82 Å². The fourth-order valence-corrected chi connectivity index (χ4v) is 0. The minimum absolute atomic E-state index is 0. The molecule has 0 N–H and O–H groups in total. The molecule has 0 atom stereocenters. The van der Waals surface area contributed by atoms with Crippen molar-refractivity contribution >= 4 is 25.2 Å². The molecule has 0 amide bonds. The first-order valence-corrected chi connectivity index (χ1v) is 2.19. The predicted molar refractivity (Wildman–Crippen MR) is 13.4 cm³/mol. The summed E-state index contributed by atoms with van der Waals surface area (Å²) in [4.78, 5) is 25.6. The zero-order valence-electron chi connectivity index (χ0n) is 3.31. The van der Waals surface area contributed by atoms with E-state index in [2.05, 4.69) is 0 Å². The molecule has 4 nitrogen and oxygen atoms in total. The molecule has 0 aromatic carbocycles. The van der Waals surface area contributed by atoms with Crippen LogP contribution in [0.5, 0.6) is 0 Å². The van der Waals surface area contributed by atoms with Gasteiger partial charge >= 0.3 is 50.6 Å². The van der Waals surface area contributed by atoms with Crippen molar-refractivity contribution in [3.63, 3.8) is 0 Å². The molecule has 8 heavy (non-hydrogen) atoms. The zero-order valence-corrected chi connectivity index (χ0v) is 7.38. The molecule has 0 bridgehead atoms. The summed E-state index contributed by atoms with van der Waals surface area (Å²) >= 11 is 0. The van der Waals surface area contributed by atoms with Crippen molar-refractivity contribution < 1.29 is 52.5 Å². The van der Waals surface area contributed by atoms with Crippen molar-refractivity contribution in [1.82, 2.24) is 0 Å². The van der Waals surface area contributed by atoms with E-state index in [1.165, 1.54) is 0 Å². The van der Waals surface area contributed by atoms with Crippen LogP contribution in [0.25, 0.3) is 0 Å². The first-order chi connectivity index (χ1) is 2.00. The van der Waals surface area contributed by atoms with Crippen LogP contribution in [0.2, 0.25) is 0 Å². The molecule has 0 saturated heterocycles. The molecule has 0 unspecified atom stereocenters. The van der Waals surface area contributed by atoms with Crippen LogP contribution in [0.1, 0.15) is 0 Å². The first-order valence-electron chi connectivity index (χ1n) is 0.730. The first kappa shape index (κ1) is 22.6. The number of hydrogen-bond acceptors (Lipinski definition) is 4. The van der Waals surface area contributed by atoms with Gasteiger partial charge in [0.05, 0.1) is 0 Å². The average molecular weight is 240 g/mol. The van der Waals surface area contributed by atoms with E-state index in [0.717, 1.165) is 0 Å². The van der Waals surface area contributed by atoms with Crippen LogP contribution in [-0.4, -0.2) is 17.4 Å². The van der Waals surface area contributed by atoms with Crippen molar-refractivity contribution in [3.8, 4) is 0 Å². The van der Waals surface area contributed by atoms with Crippen LogP contribution in [0.4, 0.5) is 0 Å². The molecule has 0 rings (SSSR count). The van der Waals surface area contributed by atoms with E-state index in [4.69, 9.17) is 19.2 Å². The SMILES string of the molecule is O=P([O-])([O-])[O-].[Al+3].[Co+2].[Ni+2]. The molecule has 0 aromatic rings. The summed E-state index contributed by atoms with van der Waals surface area (Å²) in [6.45, 7) is 0. The minimum Gasteiger partial charge on any atom is -0.822 e. The van der Waals surface area contributed by atoms with Gasteiger partial charge < -0.3 is 19.2 Å². The van der Waals surface area contributed by atoms with Gasteiger partial charge in [0.1, 0.15) is 0 Å². The molecular weight excluding hydrogens is 240 g/mol. The van der Waals surface area contributed by atoms with Gasteiger partial charge in [-0.3, -0.25) is 0 Å². The second-order valence-electron chi connectivity index (χ2n) is 0.447. The number of rotatable bonds is 0.